The molecule has 1 aliphatic rings. The van der Waals surface area contributed by atoms with E-state index in [2.05, 4.69) is 67.5 Å². The molecule has 0 N–H and O–H groups in total. The Balaban J connectivity index is 1.42. The maximum absolute atomic E-state index is 11.3. The summed E-state index contributed by atoms with van der Waals surface area (Å²) in [5.74, 6) is -0.0419. The molecule has 1 fully saturated rings. The second-order valence-electron chi connectivity index (χ2n) is 6.28. The van der Waals surface area contributed by atoms with E-state index in [9.17, 15) is 4.79 Å². The quantitative estimate of drug-likeness (QED) is 0.646. The topological polar surface area (TPSA) is 51.0 Å². The summed E-state index contributed by atoms with van der Waals surface area (Å²) in [5.41, 5.74) is 1.75. The lowest BCUT2D eigenvalue weighted by Gasteiger charge is -2.38. The SMILES string of the molecule is CC(=O)c1cn(C2CN(Cc3ccc4c(Br)cccc4c3)C2)nn1. The molecule has 2 heterocycles. The van der Waals surface area contributed by atoms with E-state index in [1.807, 2.05) is 4.68 Å². The van der Waals surface area contributed by atoms with Crippen LogP contribution in [0.4, 0.5) is 0 Å². The van der Waals surface area contributed by atoms with E-state index in [1.54, 1.807) is 6.20 Å². The van der Waals surface area contributed by atoms with Crippen molar-refractivity contribution in [3.8, 4) is 0 Å². The Bertz CT molecular complexity index is 914. The number of ketones is 1. The first-order chi connectivity index (χ1) is 11.6. The fraction of sp³-hybridized carbons (Fsp3) is 0.278. The number of benzene rings is 2. The molecule has 0 atom stereocenters. The number of halogens is 1. The van der Waals surface area contributed by atoms with Gasteiger partial charge in [0.05, 0.1) is 12.2 Å². The summed E-state index contributed by atoms with van der Waals surface area (Å²) >= 11 is 3.59. The van der Waals surface area contributed by atoms with Crippen molar-refractivity contribution in [2.24, 2.45) is 0 Å². The maximum atomic E-state index is 11.3. The molecule has 5 nitrogen and oxygen atoms in total. The van der Waals surface area contributed by atoms with Crippen LogP contribution >= 0.6 is 15.9 Å². The molecule has 0 unspecified atom stereocenters. The number of rotatable bonds is 4. The second-order valence-corrected chi connectivity index (χ2v) is 7.14. The zero-order valence-corrected chi connectivity index (χ0v) is 14.9. The molecule has 0 bridgehead atoms. The van der Waals surface area contributed by atoms with Gasteiger partial charge in [-0.3, -0.25) is 9.69 Å². The van der Waals surface area contributed by atoms with Crippen LogP contribution in [0.25, 0.3) is 10.8 Å². The minimum absolute atomic E-state index is 0.0419. The number of hydrogen-bond donors (Lipinski definition) is 0. The molecule has 6 heteroatoms. The van der Waals surface area contributed by atoms with E-state index in [-0.39, 0.29) is 5.78 Å². The van der Waals surface area contributed by atoms with Gasteiger partial charge in [-0.05, 0) is 28.5 Å². The lowest BCUT2D eigenvalue weighted by Crippen LogP contribution is -2.47. The smallest absolute Gasteiger partial charge is 0.181 e. The Morgan fingerprint density at radius 2 is 2.12 bits per heavy atom. The molecule has 2 aromatic carbocycles. The molecule has 1 aliphatic heterocycles. The number of carbonyl (C=O) groups excluding carboxylic acids is 1. The van der Waals surface area contributed by atoms with Gasteiger partial charge in [0.1, 0.15) is 5.69 Å². The summed E-state index contributed by atoms with van der Waals surface area (Å²) < 4.78 is 2.94. The van der Waals surface area contributed by atoms with Crippen molar-refractivity contribution in [2.45, 2.75) is 19.5 Å². The highest BCUT2D eigenvalue weighted by atomic mass is 79.9. The number of aromatic nitrogens is 3. The molecule has 0 aliphatic carbocycles. The molecule has 3 aromatic rings. The van der Waals surface area contributed by atoms with Crippen LogP contribution in [0.5, 0.6) is 0 Å². The largest absolute Gasteiger partial charge is 0.295 e. The Morgan fingerprint density at radius 3 is 2.88 bits per heavy atom. The Kier molecular flexibility index (Phi) is 3.94. The third-order valence-electron chi connectivity index (χ3n) is 4.48. The number of carbonyl (C=O) groups is 1. The van der Waals surface area contributed by atoms with Crippen molar-refractivity contribution < 1.29 is 4.79 Å². The average Bonchev–Trinajstić information content (AvgIpc) is 3.00. The summed E-state index contributed by atoms with van der Waals surface area (Å²) in [5, 5.41) is 10.5. The molecule has 0 spiro atoms. The summed E-state index contributed by atoms with van der Waals surface area (Å²) in [4.78, 5) is 13.7. The molecule has 0 saturated carbocycles. The zero-order valence-electron chi connectivity index (χ0n) is 13.3. The summed E-state index contributed by atoms with van der Waals surface area (Å²) in [6, 6.07) is 13.2. The lowest BCUT2D eigenvalue weighted by molar-refractivity contribution is 0.0896. The fourth-order valence-electron chi connectivity index (χ4n) is 3.11. The van der Waals surface area contributed by atoms with Gasteiger partial charge in [0.2, 0.25) is 0 Å². The highest BCUT2D eigenvalue weighted by Gasteiger charge is 2.29. The first-order valence-corrected chi connectivity index (χ1v) is 8.72. The summed E-state index contributed by atoms with van der Waals surface area (Å²) in [6.07, 6.45) is 1.75. The highest BCUT2D eigenvalue weighted by molar-refractivity contribution is 9.10. The number of nitrogens with zero attached hydrogens (tertiary/aromatic N) is 4. The molecule has 122 valence electrons. The van der Waals surface area contributed by atoms with Crippen molar-refractivity contribution in [1.29, 1.82) is 0 Å². The van der Waals surface area contributed by atoms with Gasteiger partial charge in [0, 0.05) is 31.0 Å². The molecule has 1 aromatic heterocycles. The molecule has 24 heavy (non-hydrogen) atoms. The van der Waals surface area contributed by atoms with Gasteiger partial charge in [-0.25, -0.2) is 4.68 Å². The van der Waals surface area contributed by atoms with Gasteiger partial charge in [-0.1, -0.05) is 45.4 Å². The Labute approximate surface area is 148 Å². The van der Waals surface area contributed by atoms with E-state index in [0.29, 0.717) is 11.7 Å². The maximum Gasteiger partial charge on any atom is 0.181 e. The van der Waals surface area contributed by atoms with Gasteiger partial charge in [0.15, 0.2) is 5.78 Å². The summed E-state index contributed by atoms with van der Waals surface area (Å²) in [6.45, 7) is 4.29. The number of Topliss-reactive ketones (excluding diaryl/α,β-unsaturated/α-hetero) is 1. The first-order valence-electron chi connectivity index (χ1n) is 7.92. The molecule has 1 saturated heterocycles. The molecule has 0 radical (unpaired) electrons. The van der Waals surface area contributed by atoms with Gasteiger partial charge in [0.25, 0.3) is 0 Å². The lowest BCUT2D eigenvalue weighted by atomic mass is 10.0. The third-order valence-corrected chi connectivity index (χ3v) is 5.17. The highest BCUT2D eigenvalue weighted by Crippen LogP contribution is 2.27. The van der Waals surface area contributed by atoms with E-state index < -0.39 is 0 Å². The van der Waals surface area contributed by atoms with E-state index >= 15 is 0 Å². The average molecular weight is 385 g/mol. The Morgan fingerprint density at radius 1 is 1.29 bits per heavy atom. The van der Waals surface area contributed by atoms with E-state index in [4.69, 9.17) is 0 Å². The predicted octanol–water partition coefficient (Wildman–Crippen LogP) is 3.45. The van der Waals surface area contributed by atoms with Crippen LogP contribution in [-0.2, 0) is 6.54 Å². The molecule has 4 rings (SSSR count). The van der Waals surface area contributed by atoms with Gasteiger partial charge < -0.3 is 0 Å². The third kappa shape index (κ3) is 2.87. The van der Waals surface area contributed by atoms with Crippen molar-refractivity contribution in [1.82, 2.24) is 19.9 Å². The van der Waals surface area contributed by atoms with Crippen molar-refractivity contribution in [3.63, 3.8) is 0 Å². The van der Waals surface area contributed by atoms with Crippen LogP contribution in [0.3, 0.4) is 0 Å². The monoisotopic (exact) mass is 384 g/mol. The molecule has 0 amide bonds. The molecular weight excluding hydrogens is 368 g/mol. The molecular formula is C18H17BrN4O. The van der Waals surface area contributed by atoms with E-state index in [0.717, 1.165) is 24.1 Å². The van der Waals surface area contributed by atoms with E-state index in [1.165, 1.54) is 23.3 Å². The van der Waals surface area contributed by atoms with Crippen LogP contribution in [0.15, 0.2) is 47.1 Å². The van der Waals surface area contributed by atoms with Crippen LogP contribution < -0.4 is 0 Å². The van der Waals surface area contributed by atoms with Gasteiger partial charge in [-0.15, -0.1) is 5.10 Å². The van der Waals surface area contributed by atoms with Crippen molar-refractivity contribution in [2.75, 3.05) is 13.1 Å². The first kappa shape index (κ1) is 15.5. The number of likely N-dealkylation sites (tertiary alicyclic amines) is 1. The van der Waals surface area contributed by atoms with Gasteiger partial charge >= 0.3 is 0 Å². The predicted molar refractivity (Wildman–Crippen MR) is 96.0 cm³/mol. The van der Waals surface area contributed by atoms with Crippen LogP contribution in [0.1, 0.15) is 29.0 Å². The standard InChI is InChI=1S/C18H17BrN4O/c1-12(24)18-11-23(21-20-18)15-9-22(10-15)8-13-5-6-16-14(7-13)3-2-4-17(16)19/h2-7,11,15H,8-10H2,1H3. The van der Waals surface area contributed by atoms with Crippen molar-refractivity contribution in [3.05, 3.63) is 58.3 Å². The summed E-state index contributed by atoms with van der Waals surface area (Å²) in [7, 11) is 0. The minimum Gasteiger partial charge on any atom is -0.295 e. The Hall–Kier alpha value is -2.05. The van der Waals surface area contributed by atoms with Gasteiger partial charge in [-0.2, -0.15) is 0 Å². The van der Waals surface area contributed by atoms with Crippen LogP contribution in [0.2, 0.25) is 0 Å². The second kappa shape index (κ2) is 6.11. The van der Waals surface area contributed by atoms with Crippen LogP contribution in [0, 0.1) is 0 Å². The zero-order chi connectivity index (χ0) is 16.7. The number of hydrogen-bond acceptors (Lipinski definition) is 4. The normalized spacial score (nSPS) is 15.6. The number of fused-ring (bicyclic) bond motifs is 1. The van der Waals surface area contributed by atoms with Crippen molar-refractivity contribution >= 4 is 32.5 Å². The fourth-order valence-corrected chi connectivity index (χ4v) is 3.62. The van der Waals surface area contributed by atoms with Crippen LogP contribution in [-0.4, -0.2) is 38.8 Å². The minimum atomic E-state index is -0.0419.